The van der Waals surface area contributed by atoms with E-state index in [9.17, 15) is 30.8 Å². The smallest absolute Gasteiger partial charge is 0.404 e. The van der Waals surface area contributed by atoms with E-state index in [0.717, 1.165) is 47.0 Å². The Kier molecular flexibility index (Phi) is 7.09. The van der Waals surface area contributed by atoms with Gasteiger partial charge in [0.15, 0.2) is 0 Å². The Labute approximate surface area is 194 Å². The maximum Gasteiger partial charge on any atom is 0.573 e. The summed E-state index contributed by atoms with van der Waals surface area (Å²) in [7, 11) is -2.92. The van der Waals surface area contributed by atoms with Gasteiger partial charge < -0.3 is 9.64 Å². The number of rotatable bonds is 7. The van der Waals surface area contributed by atoms with Gasteiger partial charge in [0, 0.05) is 30.7 Å². The van der Waals surface area contributed by atoms with Crippen molar-refractivity contribution in [1.29, 1.82) is 0 Å². The highest BCUT2D eigenvalue weighted by molar-refractivity contribution is 7.93. The molecule has 2 aromatic carbocycles. The highest BCUT2D eigenvalue weighted by Crippen LogP contribution is 2.31. The number of aromatic nitrogens is 2. The molecule has 0 saturated carbocycles. The number of nitrogens with zero attached hydrogens (tertiary/aromatic N) is 3. The number of hydrogen-bond acceptors (Lipinski definition) is 7. The quantitative estimate of drug-likeness (QED) is 0.462. The summed E-state index contributed by atoms with van der Waals surface area (Å²) in [5.41, 5.74) is 0.235. The average molecular weight is 525 g/mol. The number of ether oxygens (including phenoxy) is 1. The molecule has 0 aliphatic carbocycles. The fraction of sp³-hybridized carbons (Fsp3) is 0.167. The maximum atomic E-state index is 14.5. The minimum atomic E-state index is -4.91. The third kappa shape index (κ3) is 6.30. The van der Waals surface area contributed by atoms with E-state index in [4.69, 9.17) is 11.6 Å². The number of anilines is 1. The van der Waals surface area contributed by atoms with Crippen LogP contribution in [-0.4, -0.2) is 42.0 Å². The third-order valence-electron chi connectivity index (χ3n) is 4.04. The van der Waals surface area contributed by atoms with Crippen molar-refractivity contribution in [3.8, 4) is 5.75 Å². The number of hydrogen-bond donors (Lipinski definition) is 1. The van der Waals surface area contributed by atoms with Gasteiger partial charge in [0.1, 0.15) is 22.8 Å². The topological polar surface area (TPSA) is 101 Å². The molecule has 0 spiro atoms. The van der Waals surface area contributed by atoms with Crippen molar-refractivity contribution in [3.05, 3.63) is 64.7 Å². The van der Waals surface area contributed by atoms with Crippen LogP contribution >= 0.6 is 23.1 Å². The summed E-state index contributed by atoms with van der Waals surface area (Å²) in [5, 5.41) is -0.367. The van der Waals surface area contributed by atoms with Crippen molar-refractivity contribution in [2.45, 2.75) is 17.8 Å². The molecular weight excluding hydrogens is 512 g/mol. The number of nitrogens with one attached hydrogen (secondary N) is 1. The Bertz CT molecular complexity index is 1270. The van der Waals surface area contributed by atoms with Crippen LogP contribution in [0.5, 0.6) is 5.75 Å². The number of benzene rings is 2. The molecule has 33 heavy (non-hydrogen) atoms. The van der Waals surface area contributed by atoms with Crippen LogP contribution in [0.2, 0.25) is 5.02 Å². The Morgan fingerprint density at radius 2 is 1.97 bits per heavy atom. The van der Waals surface area contributed by atoms with Gasteiger partial charge in [-0.05, 0) is 35.9 Å². The lowest BCUT2D eigenvalue weighted by molar-refractivity contribution is -0.274. The standard InChI is InChI=1S/C18H13ClF4N4O4S2/c1-27(8-10-2-4-14(12(19)6-10)31-18(21,22)23)16(28)11-3-5-15(13(20)7-11)33(29,30)26-17-24-9-25-32-17/h2-7,9H,8H2,1H3,(H,24,25,26). The first-order chi connectivity index (χ1) is 15.4. The summed E-state index contributed by atoms with van der Waals surface area (Å²) in [5.74, 6) is -2.42. The lowest BCUT2D eigenvalue weighted by Crippen LogP contribution is -2.26. The molecule has 1 aromatic heterocycles. The molecule has 0 aliphatic rings. The van der Waals surface area contributed by atoms with Crippen molar-refractivity contribution < 1.29 is 35.5 Å². The van der Waals surface area contributed by atoms with E-state index >= 15 is 0 Å². The normalized spacial score (nSPS) is 11.8. The molecule has 0 unspecified atom stereocenters. The lowest BCUT2D eigenvalue weighted by atomic mass is 10.1. The monoisotopic (exact) mass is 524 g/mol. The molecular formula is C18H13ClF4N4O4S2. The van der Waals surface area contributed by atoms with Gasteiger partial charge in [0.05, 0.1) is 5.02 Å². The second-order valence-corrected chi connectivity index (χ2v) is 9.31. The molecule has 176 valence electrons. The number of carbonyl (C=O) groups excluding carboxylic acids is 1. The largest absolute Gasteiger partial charge is 0.573 e. The first-order valence-electron chi connectivity index (χ1n) is 8.74. The number of sulfonamides is 1. The van der Waals surface area contributed by atoms with Gasteiger partial charge in [-0.3, -0.25) is 9.52 Å². The Morgan fingerprint density at radius 1 is 1.24 bits per heavy atom. The van der Waals surface area contributed by atoms with Crippen molar-refractivity contribution in [1.82, 2.24) is 14.3 Å². The van der Waals surface area contributed by atoms with Gasteiger partial charge in [0.2, 0.25) is 5.13 Å². The van der Waals surface area contributed by atoms with Crippen molar-refractivity contribution >= 4 is 44.2 Å². The van der Waals surface area contributed by atoms with Crippen LogP contribution in [0.1, 0.15) is 15.9 Å². The average Bonchev–Trinajstić information content (AvgIpc) is 3.20. The molecule has 0 bridgehead atoms. The van der Waals surface area contributed by atoms with E-state index in [-0.39, 0.29) is 22.3 Å². The molecule has 0 aliphatic heterocycles. The molecule has 1 N–H and O–H groups in total. The fourth-order valence-corrected chi connectivity index (χ4v) is 4.62. The Morgan fingerprint density at radius 3 is 2.55 bits per heavy atom. The van der Waals surface area contributed by atoms with Crippen molar-refractivity contribution in [2.24, 2.45) is 0 Å². The minimum absolute atomic E-state index is 0.0559. The summed E-state index contributed by atoms with van der Waals surface area (Å²) < 4.78 is 85.7. The van der Waals surface area contributed by atoms with E-state index < -0.39 is 38.8 Å². The molecule has 15 heteroatoms. The van der Waals surface area contributed by atoms with Gasteiger partial charge in [-0.1, -0.05) is 17.7 Å². The summed E-state index contributed by atoms with van der Waals surface area (Å²) in [6.07, 6.45) is -3.78. The minimum Gasteiger partial charge on any atom is -0.404 e. The van der Waals surface area contributed by atoms with E-state index in [1.165, 1.54) is 19.2 Å². The zero-order valence-electron chi connectivity index (χ0n) is 16.4. The van der Waals surface area contributed by atoms with Gasteiger partial charge in [0.25, 0.3) is 15.9 Å². The molecule has 1 heterocycles. The second-order valence-electron chi connectivity index (χ2n) is 6.47. The number of carbonyl (C=O) groups is 1. The first kappa shape index (κ1) is 24.7. The van der Waals surface area contributed by atoms with Crippen LogP contribution in [0.15, 0.2) is 47.6 Å². The van der Waals surface area contributed by atoms with Gasteiger partial charge in [-0.25, -0.2) is 17.8 Å². The molecule has 3 rings (SSSR count). The van der Waals surface area contributed by atoms with E-state index in [1.54, 1.807) is 0 Å². The van der Waals surface area contributed by atoms with Crippen LogP contribution in [0.4, 0.5) is 22.7 Å². The van der Waals surface area contributed by atoms with Crippen molar-refractivity contribution in [2.75, 3.05) is 11.8 Å². The van der Waals surface area contributed by atoms with Crippen LogP contribution in [0.25, 0.3) is 0 Å². The Hall–Kier alpha value is -2.97. The molecule has 0 atom stereocenters. The summed E-state index contributed by atoms with van der Waals surface area (Å²) in [4.78, 5) is 16.7. The predicted octanol–water partition coefficient (Wildman–Crippen LogP) is 4.30. The molecule has 0 radical (unpaired) electrons. The predicted molar refractivity (Wildman–Crippen MR) is 111 cm³/mol. The zero-order chi connectivity index (χ0) is 24.4. The molecule has 0 saturated heterocycles. The first-order valence-corrected chi connectivity index (χ1v) is 11.4. The van der Waals surface area contributed by atoms with Gasteiger partial charge >= 0.3 is 6.36 Å². The number of amides is 1. The molecule has 3 aromatic rings. The zero-order valence-corrected chi connectivity index (χ0v) is 18.8. The Balaban J connectivity index is 1.73. The second kappa shape index (κ2) is 9.49. The summed E-state index contributed by atoms with van der Waals surface area (Å²) in [6, 6.07) is 6.31. The fourth-order valence-electron chi connectivity index (χ4n) is 2.66. The summed E-state index contributed by atoms with van der Waals surface area (Å²) >= 11 is 6.56. The molecule has 8 nitrogen and oxygen atoms in total. The van der Waals surface area contributed by atoms with E-state index in [2.05, 4.69) is 18.8 Å². The van der Waals surface area contributed by atoms with E-state index in [1.807, 2.05) is 0 Å². The van der Waals surface area contributed by atoms with Crippen LogP contribution in [0.3, 0.4) is 0 Å². The highest BCUT2D eigenvalue weighted by atomic mass is 35.5. The van der Waals surface area contributed by atoms with Gasteiger partial charge in [-0.15, -0.1) is 13.2 Å². The molecule has 1 amide bonds. The number of alkyl halides is 3. The van der Waals surface area contributed by atoms with Crippen molar-refractivity contribution in [3.63, 3.8) is 0 Å². The van der Waals surface area contributed by atoms with Gasteiger partial charge in [-0.2, -0.15) is 4.37 Å². The van der Waals surface area contributed by atoms with Crippen LogP contribution in [-0.2, 0) is 16.6 Å². The maximum absolute atomic E-state index is 14.5. The number of halogens is 5. The third-order valence-corrected chi connectivity index (χ3v) is 6.42. The highest BCUT2D eigenvalue weighted by Gasteiger charge is 2.32. The molecule has 0 fully saturated rings. The van der Waals surface area contributed by atoms with Crippen LogP contribution < -0.4 is 9.46 Å². The lowest BCUT2D eigenvalue weighted by Gasteiger charge is -2.18. The SMILES string of the molecule is CN(Cc1ccc(OC(F)(F)F)c(Cl)c1)C(=O)c1ccc(S(=O)(=O)Nc2ncns2)c(F)c1. The van der Waals surface area contributed by atoms with Crippen LogP contribution in [0, 0.1) is 5.82 Å². The van der Waals surface area contributed by atoms with E-state index in [0.29, 0.717) is 5.56 Å². The summed E-state index contributed by atoms with van der Waals surface area (Å²) in [6.45, 7) is -0.0783.